The SMILES string of the molecule is CC(C)(C)Nc1nncc(Nc2ccccc2Cl)n1. The number of benzene rings is 1. The normalized spacial score (nSPS) is 11.2. The van der Waals surface area contributed by atoms with E-state index in [1.165, 1.54) is 0 Å². The maximum atomic E-state index is 6.08. The zero-order valence-electron chi connectivity index (χ0n) is 11.1. The second-order valence-corrected chi connectivity index (χ2v) is 5.55. The highest BCUT2D eigenvalue weighted by molar-refractivity contribution is 6.33. The van der Waals surface area contributed by atoms with Crippen molar-refractivity contribution in [3.8, 4) is 0 Å². The lowest BCUT2D eigenvalue weighted by atomic mass is 10.1. The monoisotopic (exact) mass is 277 g/mol. The summed E-state index contributed by atoms with van der Waals surface area (Å²) in [6.07, 6.45) is 1.55. The highest BCUT2D eigenvalue weighted by Crippen LogP contribution is 2.23. The summed E-state index contributed by atoms with van der Waals surface area (Å²) >= 11 is 6.08. The van der Waals surface area contributed by atoms with Gasteiger partial charge in [-0.2, -0.15) is 10.1 Å². The fourth-order valence-electron chi connectivity index (χ4n) is 1.45. The van der Waals surface area contributed by atoms with Crippen LogP contribution in [0.25, 0.3) is 0 Å². The van der Waals surface area contributed by atoms with Gasteiger partial charge in [-0.1, -0.05) is 23.7 Å². The predicted molar refractivity (Wildman–Crippen MR) is 77.9 cm³/mol. The first-order valence-electron chi connectivity index (χ1n) is 5.93. The molecule has 6 heteroatoms. The van der Waals surface area contributed by atoms with Crippen LogP contribution in [0.15, 0.2) is 30.5 Å². The zero-order chi connectivity index (χ0) is 13.9. The molecule has 0 unspecified atom stereocenters. The number of nitrogens with zero attached hydrogens (tertiary/aromatic N) is 3. The van der Waals surface area contributed by atoms with Crippen molar-refractivity contribution < 1.29 is 0 Å². The summed E-state index contributed by atoms with van der Waals surface area (Å²) in [4.78, 5) is 4.34. The lowest BCUT2D eigenvalue weighted by Crippen LogP contribution is -2.27. The highest BCUT2D eigenvalue weighted by Gasteiger charge is 2.12. The molecule has 0 aliphatic rings. The van der Waals surface area contributed by atoms with E-state index in [2.05, 4.69) is 25.8 Å². The van der Waals surface area contributed by atoms with Crippen molar-refractivity contribution in [2.24, 2.45) is 0 Å². The van der Waals surface area contributed by atoms with E-state index in [1.54, 1.807) is 6.20 Å². The topological polar surface area (TPSA) is 62.7 Å². The third-order valence-electron chi connectivity index (χ3n) is 2.18. The van der Waals surface area contributed by atoms with Gasteiger partial charge in [0, 0.05) is 5.54 Å². The summed E-state index contributed by atoms with van der Waals surface area (Å²) in [5.74, 6) is 1.07. The van der Waals surface area contributed by atoms with Crippen LogP contribution in [0.3, 0.4) is 0 Å². The number of para-hydroxylation sites is 1. The van der Waals surface area contributed by atoms with Crippen LogP contribution in [0.5, 0.6) is 0 Å². The second-order valence-electron chi connectivity index (χ2n) is 5.15. The molecular weight excluding hydrogens is 262 g/mol. The molecule has 2 aromatic rings. The first kappa shape index (κ1) is 13.5. The molecule has 5 nitrogen and oxygen atoms in total. The molecule has 100 valence electrons. The second kappa shape index (κ2) is 5.40. The van der Waals surface area contributed by atoms with Crippen molar-refractivity contribution in [1.29, 1.82) is 0 Å². The maximum absolute atomic E-state index is 6.08. The molecule has 0 saturated heterocycles. The zero-order valence-corrected chi connectivity index (χ0v) is 11.9. The molecule has 0 aliphatic carbocycles. The fourth-order valence-corrected chi connectivity index (χ4v) is 1.64. The van der Waals surface area contributed by atoms with E-state index in [1.807, 2.05) is 45.0 Å². The van der Waals surface area contributed by atoms with Crippen LogP contribution in [0.2, 0.25) is 5.02 Å². The summed E-state index contributed by atoms with van der Waals surface area (Å²) in [6.45, 7) is 6.10. The molecule has 1 aromatic carbocycles. The van der Waals surface area contributed by atoms with Gasteiger partial charge in [-0.25, -0.2) is 0 Å². The van der Waals surface area contributed by atoms with E-state index in [0.717, 1.165) is 5.69 Å². The lowest BCUT2D eigenvalue weighted by molar-refractivity contribution is 0.623. The summed E-state index contributed by atoms with van der Waals surface area (Å²) in [7, 11) is 0. The minimum atomic E-state index is -0.120. The van der Waals surface area contributed by atoms with Gasteiger partial charge in [0.15, 0.2) is 5.82 Å². The molecule has 1 heterocycles. The van der Waals surface area contributed by atoms with E-state index >= 15 is 0 Å². The van der Waals surface area contributed by atoms with E-state index in [9.17, 15) is 0 Å². The van der Waals surface area contributed by atoms with Crippen LogP contribution in [-0.2, 0) is 0 Å². The standard InChI is InChI=1S/C13H16ClN5/c1-13(2,3)18-12-17-11(8-15-19-12)16-10-7-5-4-6-9(10)14/h4-8H,1-3H3,(H2,16,17,18,19). The van der Waals surface area contributed by atoms with Crippen LogP contribution in [0.4, 0.5) is 17.5 Å². The Balaban J connectivity index is 2.18. The van der Waals surface area contributed by atoms with E-state index in [0.29, 0.717) is 16.8 Å². The Bertz CT molecular complexity index is 565. The summed E-state index contributed by atoms with van der Waals surface area (Å²) in [6, 6.07) is 7.46. The number of anilines is 3. The maximum Gasteiger partial charge on any atom is 0.245 e. The first-order chi connectivity index (χ1) is 8.94. The van der Waals surface area contributed by atoms with Gasteiger partial charge in [-0.05, 0) is 32.9 Å². The third-order valence-corrected chi connectivity index (χ3v) is 2.51. The van der Waals surface area contributed by atoms with E-state index < -0.39 is 0 Å². The molecule has 0 fully saturated rings. The predicted octanol–water partition coefficient (Wildman–Crippen LogP) is 3.48. The van der Waals surface area contributed by atoms with Gasteiger partial charge in [0.25, 0.3) is 0 Å². The van der Waals surface area contributed by atoms with Gasteiger partial charge in [0.1, 0.15) is 0 Å². The van der Waals surface area contributed by atoms with Crippen LogP contribution in [0.1, 0.15) is 20.8 Å². The molecule has 0 amide bonds. The van der Waals surface area contributed by atoms with Crippen LogP contribution < -0.4 is 10.6 Å². The molecule has 0 radical (unpaired) electrons. The van der Waals surface area contributed by atoms with Crippen molar-refractivity contribution in [1.82, 2.24) is 15.2 Å². The van der Waals surface area contributed by atoms with E-state index in [-0.39, 0.29) is 5.54 Å². The molecule has 1 aromatic heterocycles. The molecule has 0 atom stereocenters. The number of hydrogen-bond donors (Lipinski definition) is 2. The van der Waals surface area contributed by atoms with Crippen LogP contribution in [0, 0.1) is 0 Å². The number of hydrogen-bond acceptors (Lipinski definition) is 5. The molecule has 19 heavy (non-hydrogen) atoms. The number of halogens is 1. The quantitative estimate of drug-likeness (QED) is 0.899. The van der Waals surface area contributed by atoms with Gasteiger partial charge in [0.05, 0.1) is 16.9 Å². The van der Waals surface area contributed by atoms with Crippen molar-refractivity contribution >= 4 is 29.1 Å². The van der Waals surface area contributed by atoms with E-state index in [4.69, 9.17) is 11.6 Å². The Morgan fingerprint density at radius 3 is 2.58 bits per heavy atom. The Labute approximate surface area is 117 Å². The Morgan fingerprint density at radius 2 is 1.89 bits per heavy atom. The van der Waals surface area contributed by atoms with Crippen molar-refractivity contribution in [2.75, 3.05) is 10.6 Å². The van der Waals surface area contributed by atoms with Gasteiger partial charge in [-0.3, -0.25) is 0 Å². The largest absolute Gasteiger partial charge is 0.348 e. The fraction of sp³-hybridized carbons (Fsp3) is 0.308. The van der Waals surface area contributed by atoms with Crippen molar-refractivity contribution in [3.63, 3.8) is 0 Å². The summed E-state index contributed by atoms with van der Waals surface area (Å²) in [5.41, 5.74) is 0.663. The summed E-state index contributed by atoms with van der Waals surface area (Å²) in [5, 5.41) is 14.8. The van der Waals surface area contributed by atoms with Gasteiger partial charge < -0.3 is 10.6 Å². The van der Waals surface area contributed by atoms with Crippen molar-refractivity contribution in [3.05, 3.63) is 35.5 Å². The van der Waals surface area contributed by atoms with Gasteiger partial charge >= 0.3 is 0 Å². The summed E-state index contributed by atoms with van der Waals surface area (Å²) < 4.78 is 0. The van der Waals surface area contributed by atoms with Gasteiger partial charge in [0.2, 0.25) is 5.95 Å². The molecule has 2 rings (SSSR count). The minimum Gasteiger partial charge on any atom is -0.348 e. The number of nitrogens with one attached hydrogen (secondary N) is 2. The average Bonchev–Trinajstić information content (AvgIpc) is 2.30. The molecule has 0 saturated carbocycles. The van der Waals surface area contributed by atoms with Crippen LogP contribution >= 0.6 is 11.6 Å². The number of rotatable bonds is 3. The Kier molecular flexibility index (Phi) is 3.85. The molecule has 0 bridgehead atoms. The van der Waals surface area contributed by atoms with Crippen LogP contribution in [-0.4, -0.2) is 20.7 Å². The molecular formula is C13H16ClN5. The molecule has 0 aliphatic heterocycles. The Morgan fingerprint density at radius 1 is 1.16 bits per heavy atom. The third kappa shape index (κ3) is 4.06. The molecule has 2 N–H and O–H groups in total. The van der Waals surface area contributed by atoms with Gasteiger partial charge in [-0.15, -0.1) is 5.10 Å². The smallest absolute Gasteiger partial charge is 0.245 e. The lowest BCUT2D eigenvalue weighted by Gasteiger charge is -2.20. The minimum absolute atomic E-state index is 0.120. The highest BCUT2D eigenvalue weighted by atomic mass is 35.5. The number of aromatic nitrogens is 3. The average molecular weight is 278 g/mol. The van der Waals surface area contributed by atoms with Crippen molar-refractivity contribution in [2.45, 2.75) is 26.3 Å². The first-order valence-corrected chi connectivity index (χ1v) is 6.31. The Hall–Kier alpha value is -1.88. The molecule has 0 spiro atoms.